The van der Waals surface area contributed by atoms with Crippen molar-refractivity contribution in [1.29, 1.82) is 0 Å². The van der Waals surface area contributed by atoms with Gasteiger partial charge in [0.2, 0.25) is 5.91 Å². The number of piperidine rings is 1. The smallest absolute Gasteiger partial charge is 0.232 e. The number of likely N-dealkylation sites (tertiary alicyclic amines) is 1. The van der Waals surface area contributed by atoms with Crippen LogP contribution >= 0.6 is 11.6 Å². The SMILES string of the molecule is CC[C@@H](C)Oc1cc2c(cc1OC)CC(=O)N(c1ccc(C(C)N3CCCCC3)cc1)C2c1ccc(Cl)cc1. The summed E-state index contributed by atoms with van der Waals surface area (Å²) in [6.45, 7) is 8.73. The Bertz CT molecular complexity index is 1290. The first kappa shape index (κ1) is 27.5. The number of rotatable bonds is 8. The van der Waals surface area contributed by atoms with E-state index in [2.05, 4.69) is 56.0 Å². The van der Waals surface area contributed by atoms with E-state index in [9.17, 15) is 4.79 Å². The molecule has 0 radical (unpaired) electrons. The van der Waals surface area contributed by atoms with Crippen LogP contribution in [0.2, 0.25) is 5.02 Å². The molecule has 3 aromatic rings. The molecule has 3 atom stereocenters. The normalized spacial score (nSPS) is 19.4. The van der Waals surface area contributed by atoms with Crippen LogP contribution in [0.1, 0.15) is 80.8 Å². The summed E-state index contributed by atoms with van der Waals surface area (Å²) in [4.78, 5) is 18.3. The van der Waals surface area contributed by atoms with Crippen molar-refractivity contribution in [3.05, 3.63) is 87.9 Å². The van der Waals surface area contributed by atoms with Crippen molar-refractivity contribution >= 4 is 23.2 Å². The molecular weight excluding hydrogens is 508 g/mol. The van der Waals surface area contributed by atoms with Crippen LogP contribution in [0.25, 0.3) is 0 Å². The molecule has 206 valence electrons. The average Bonchev–Trinajstić information content (AvgIpc) is 2.97. The molecule has 0 N–H and O–H groups in total. The maximum atomic E-state index is 13.8. The Morgan fingerprint density at radius 3 is 2.28 bits per heavy atom. The minimum atomic E-state index is -0.311. The van der Waals surface area contributed by atoms with Crippen molar-refractivity contribution < 1.29 is 14.3 Å². The molecular formula is C33H39ClN2O3. The minimum absolute atomic E-state index is 0.0432. The predicted octanol–water partition coefficient (Wildman–Crippen LogP) is 7.75. The number of methoxy groups -OCH3 is 1. The first-order valence-electron chi connectivity index (χ1n) is 14.2. The van der Waals surface area contributed by atoms with Crippen LogP contribution in [0.3, 0.4) is 0 Å². The Kier molecular flexibility index (Phi) is 8.49. The highest BCUT2D eigenvalue weighted by molar-refractivity contribution is 6.30. The summed E-state index contributed by atoms with van der Waals surface area (Å²) in [5.41, 5.74) is 5.17. The van der Waals surface area contributed by atoms with Crippen LogP contribution in [0.15, 0.2) is 60.7 Å². The van der Waals surface area contributed by atoms with E-state index in [1.54, 1.807) is 7.11 Å². The van der Waals surface area contributed by atoms with E-state index in [1.165, 1.54) is 24.8 Å². The van der Waals surface area contributed by atoms with Gasteiger partial charge in [0.15, 0.2) is 11.5 Å². The predicted molar refractivity (Wildman–Crippen MR) is 158 cm³/mol. The third kappa shape index (κ3) is 5.80. The minimum Gasteiger partial charge on any atom is -0.493 e. The van der Waals surface area contributed by atoms with Gasteiger partial charge in [-0.25, -0.2) is 0 Å². The zero-order valence-electron chi connectivity index (χ0n) is 23.5. The summed E-state index contributed by atoms with van der Waals surface area (Å²) in [6.07, 6.45) is 5.07. The summed E-state index contributed by atoms with van der Waals surface area (Å²) in [5.74, 6) is 1.41. The average molecular weight is 547 g/mol. The van der Waals surface area contributed by atoms with E-state index in [0.29, 0.717) is 29.0 Å². The fourth-order valence-electron chi connectivity index (χ4n) is 5.80. The van der Waals surface area contributed by atoms with Crippen molar-refractivity contribution in [2.45, 2.75) is 71.1 Å². The number of amides is 1. The van der Waals surface area contributed by atoms with Gasteiger partial charge in [-0.2, -0.15) is 0 Å². The highest BCUT2D eigenvalue weighted by atomic mass is 35.5. The molecule has 2 aliphatic rings. The van der Waals surface area contributed by atoms with Gasteiger partial charge in [-0.15, -0.1) is 0 Å². The van der Waals surface area contributed by atoms with E-state index in [1.807, 2.05) is 35.2 Å². The molecule has 0 aromatic heterocycles. The fraction of sp³-hybridized carbons (Fsp3) is 0.424. The Hall–Kier alpha value is -3.02. The van der Waals surface area contributed by atoms with Gasteiger partial charge in [-0.1, -0.05) is 49.2 Å². The summed E-state index contributed by atoms with van der Waals surface area (Å²) >= 11 is 6.26. The number of anilines is 1. The van der Waals surface area contributed by atoms with Crippen molar-refractivity contribution in [2.75, 3.05) is 25.1 Å². The van der Waals surface area contributed by atoms with E-state index in [-0.39, 0.29) is 18.1 Å². The topological polar surface area (TPSA) is 42.0 Å². The number of halogens is 1. The third-order valence-electron chi connectivity index (χ3n) is 8.27. The van der Waals surface area contributed by atoms with Crippen molar-refractivity contribution in [3.63, 3.8) is 0 Å². The molecule has 0 aliphatic carbocycles. The van der Waals surface area contributed by atoms with Gasteiger partial charge in [-0.3, -0.25) is 9.69 Å². The van der Waals surface area contributed by atoms with Gasteiger partial charge in [-0.05, 0) is 105 Å². The quantitative estimate of drug-likeness (QED) is 0.289. The second-order valence-corrected chi connectivity index (χ2v) is 11.2. The van der Waals surface area contributed by atoms with Gasteiger partial charge in [0.25, 0.3) is 0 Å². The molecule has 2 heterocycles. The number of benzene rings is 3. The standard InChI is InChI=1S/C33H39ClN2O3/c1-5-22(2)39-31-21-29-26(19-30(31)38-4)20-32(37)36(33(29)25-9-13-27(34)14-10-25)28-15-11-24(12-16-28)23(3)35-17-7-6-8-18-35/h9-16,19,21-23,33H,5-8,17-18,20H2,1-4H3/t22-,23?,33?/m1/s1. The first-order valence-corrected chi connectivity index (χ1v) is 14.6. The molecule has 2 unspecified atom stereocenters. The molecule has 2 aliphatic heterocycles. The largest absolute Gasteiger partial charge is 0.493 e. The van der Waals surface area contributed by atoms with Crippen molar-refractivity contribution in [1.82, 2.24) is 4.90 Å². The maximum absolute atomic E-state index is 13.8. The Morgan fingerprint density at radius 1 is 0.949 bits per heavy atom. The van der Waals surface area contributed by atoms with Crippen LogP contribution in [-0.2, 0) is 11.2 Å². The highest BCUT2D eigenvalue weighted by Crippen LogP contribution is 2.44. The lowest BCUT2D eigenvalue weighted by atomic mass is 9.86. The number of hydrogen-bond donors (Lipinski definition) is 0. The molecule has 0 spiro atoms. The Labute approximate surface area is 237 Å². The van der Waals surface area contributed by atoms with Gasteiger partial charge in [0.05, 0.1) is 25.7 Å². The molecule has 0 bridgehead atoms. The number of ether oxygens (including phenoxy) is 2. The van der Waals surface area contributed by atoms with Gasteiger partial charge >= 0.3 is 0 Å². The summed E-state index contributed by atoms with van der Waals surface area (Å²) in [5, 5.41) is 0.666. The van der Waals surface area contributed by atoms with E-state index >= 15 is 0 Å². The zero-order valence-corrected chi connectivity index (χ0v) is 24.2. The van der Waals surface area contributed by atoms with E-state index in [0.717, 1.165) is 41.9 Å². The number of nitrogens with zero attached hydrogens (tertiary/aromatic N) is 2. The summed E-state index contributed by atoms with van der Waals surface area (Å²) in [7, 11) is 1.64. The molecule has 6 heteroatoms. The van der Waals surface area contributed by atoms with Crippen molar-refractivity contribution in [2.24, 2.45) is 0 Å². The first-order chi connectivity index (χ1) is 18.9. The van der Waals surface area contributed by atoms with Crippen LogP contribution in [0.5, 0.6) is 11.5 Å². The molecule has 1 fully saturated rings. The molecule has 0 saturated carbocycles. The zero-order chi connectivity index (χ0) is 27.5. The third-order valence-corrected chi connectivity index (χ3v) is 8.52. The number of carbonyl (C=O) groups excluding carboxylic acids is 1. The lowest BCUT2D eigenvalue weighted by Crippen LogP contribution is -2.41. The summed E-state index contributed by atoms with van der Waals surface area (Å²) in [6, 6.07) is 20.4. The van der Waals surface area contributed by atoms with Crippen LogP contribution in [0, 0.1) is 0 Å². The van der Waals surface area contributed by atoms with Gasteiger partial charge in [0.1, 0.15) is 0 Å². The molecule has 1 saturated heterocycles. The molecule has 39 heavy (non-hydrogen) atoms. The van der Waals surface area contributed by atoms with Crippen molar-refractivity contribution in [3.8, 4) is 11.5 Å². The molecule has 5 nitrogen and oxygen atoms in total. The van der Waals surface area contributed by atoms with Crippen LogP contribution in [0.4, 0.5) is 5.69 Å². The monoisotopic (exact) mass is 546 g/mol. The Balaban J connectivity index is 1.56. The second kappa shape index (κ2) is 12.0. The number of hydrogen-bond acceptors (Lipinski definition) is 4. The lowest BCUT2D eigenvalue weighted by Gasteiger charge is -2.38. The molecule has 5 rings (SSSR count). The number of fused-ring (bicyclic) bond motifs is 1. The maximum Gasteiger partial charge on any atom is 0.232 e. The van der Waals surface area contributed by atoms with Gasteiger partial charge < -0.3 is 14.4 Å². The number of carbonyl (C=O) groups is 1. The van der Waals surface area contributed by atoms with E-state index < -0.39 is 0 Å². The molecule has 3 aromatic carbocycles. The fourth-order valence-corrected chi connectivity index (χ4v) is 5.93. The Morgan fingerprint density at radius 2 is 1.64 bits per heavy atom. The van der Waals surface area contributed by atoms with Crippen LogP contribution in [-0.4, -0.2) is 37.1 Å². The summed E-state index contributed by atoms with van der Waals surface area (Å²) < 4.78 is 11.9. The lowest BCUT2D eigenvalue weighted by molar-refractivity contribution is -0.118. The second-order valence-electron chi connectivity index (χ2n) is 10.8. The van der Waals surface area contributed by atoms with E-state index in [4.69, 9.17) is 21.1 Å². The molecule has 1 amide bonds. The van der Waals surface area contributed by atoms with Crippen LogP contribution < -0.4 is 14.4 Å². The van der Waals surface area contributed by atoms with Gasteiger partial charge in [0, 0.05) is 16.8 Å². The highest BCUT2D eigenvalue weighted by Gasteiger charge is 2.36.